The molecule has 2 aromatic rings. The van der Waals surface area contributed by atoms with E-state index in [1.807, 2.05) is 16.9 Å². The molecular weight excluding hydrogens is 322 g/mol. The number of carbonyl (C=O) groups is 1. The average Bonchev–Trinajstić information content (AvgIpc) is 2.89. The van der Waals surface area contributed by atoms with Crippen LogP contribution in [0.4, 0.5) is 0 Å². The van der Waals surface area contributed by atoms with Gasteiger partial charge in [0, 0.05) is 24.8 Å². The highest BCUT2D eigenvalue weighted by molar-refractivity contribution is 9.10. The van der Waals surface area contributed by atoms with E-state index in [0.29, 0.717) is 17.9 Å². The van der Waals surface area contributed by atoms with E-state index in [9.17, 15) is 4.79 Å². The molecule has 0 fully saturated rings. The van der Waals surface area contributed by atoms with E-state index >= 15 is 0 Å². The third kappa shape index (κ3) is 4.09. The first-order chi connectivity index (χ1) is 9.69. The van der Waals surface area contributed by atoms with E-state index in [2.05, 4.69) is 26.3 Å². The van der Waals surface area contributed by atoms with Gasteiger partial charge in [-0.1, -0.05) is 6.07 Å². The number of nitrogens with zero attached hydrogens (tertiary/aromatic N) is 2. The number of amides is 1. The van der Waals surface area contributed by atoms with Crippen molar-refractivity contribution in [3.8, 4) is 5.75 Å². The molecule has 1 heterocycles. The summed E-state index contributed by atoms with van der Waals surface area (Å²) < 4.78 is 7.89. The Hall–Kier alpha value is -1.82. The summed E-state index contributed by atoms with van der Waals surface area (Å²) in [6.45, 7) is 1.37. The van der Waals surface area contributed by atoms with E-state index in [0.717, 1.165) is 17.4 Å². The number of ether oxygens (including phenoxy) is 1. The second kappa shape index (κ2) is 7.09. The number of halogens is 1. The molecule has 0 saturated heterocycles. The van der Waals surface area contributed by atoms with Gasteiger partial charge in [0.1, 0.15) is 5.75 Å². The molecule has 20 heavy (non-hydrogen) atoms. The van der Waals surface area contributed by atoms with Crippen LogP contribution >= 0.6 is 15.9 Å². The first-order valence-electron chi connectivity index (χ1n) is 6.29. The van der Waals surface area contributed by atoms with Crippen LogP contribution in [-0.4, -0.2) is 29.3 Å². The van der Waals surface area contributed by atoms with Crippen LogP contribution < -0.4 is 10.1 Å². The highest BCUT2D eigenvalue weighted by atomic mass is 79.9. The van der Waals surface area contributed by atoms with Crippen molar-refractivity contribution in [3.05, 3.63) is 46.7 Å². The highest BCUT2D eigenvalue weighted by Gasteiger charge is 2.05. The summed E-state index contributed by atoms with van der Waals surface area (Å²) in [5, 5.41) is 7.03. The second-order valence-electron chi connectivity index (χ2n) is 4.26. The van der Waals surface area contributed by atoms with E-state index in [1.165, 1.54) is 0 Å². The molecule has 106 valence electrons. The van der Waals surface area contributed by atoms with Gasteiger partial charge in [0.05, 0.1) is 17.8 Å². The largest absolute Gasteiger partial charge is 0.497 e. The van der Waals surface area contributed by atoms with Gasteiger partial charge in [-0.05, 0) is 40.5 Å². The van der Waals surface area contributed by atoms with Gasteiger partial charge in [0.2, 0.25) is 0 Å². The highest BCUT2D eigenvalue weighted by Crippen LogP contribution is 2.12. The number of methoxy groups -OCH3 is 1. The fourth-order valence-electron chi connectivity index (χ4n) is 1.77. The minimum atomic E-state index is -0.0921. The van der Waals surface area contributed by atoms with Gasteiger partial charge in [0.15, 0.2) is 0 Å². The summed E-state index contributed by atoms with van der Waals surface area (Å²) in [6, 6.07) is 7.10. The van der Waals surface area contributed by atoms with Crippen molar-refractivity contribution in [2.75, 3.05) is 13.7 Å². The zero-order chi connectivity index (χ0) is 14.4. The van der Waals surface area contributed by atoms with Gasteiger partial charge in [-0.25, -0.2) is 0 Å². The molecular formula is C14H16BrN3O2. The lowest BCUT2D eigenvalue weighted by molar-refractivity contribution is 0.0952. The Labute approximate surface area is 126 Å². The predicted molar refractivity (Wildman–Crippen MR) is 79.9 cm³/mol. The van der Waals surface area contributed by atoms with Crippen molar-refractivity contribution in [1.82, 2.24) is 15.1 Å². The first kappa shape index (κ1) is 14.6. The number of benzene rings is 1. The molecule has 1 N–H and O–H groups in total. The Morgan fingerprint density at radius 1 is 1.50 bits per heavy atom. The Morgan fingerprint density at radius 2 is 2.35 bits per heavy atom. The van der Waals surface area contributed by atoms with Gasteiger partial charge < -0.3 is 10.1 Å². The SMILES string of the molecule is COc1cccc(C(=O)NCCCn2cc(Br)cn2)c1. The molecule has 0 aliphatic rings. The number of aryl methyl sites for hydroxylation is 1. The summed E-state index contributed by atoms with van der Waals surface area (Å²) in [7, 11) is 1.58. The Kier molecular flexibility index (Phi) is 5.17. The number of hydrogen-bond acceptors (Lipinski definition) is 3. The molecule has 6 heteroatoms. The molecule has 0 bridgehead atoms. The number of aromatic nitrogens is 2. The average molecular weight is 338 g/mol. The Balaban J connectivity index is 1.77. The maximum absolute atomic E-state index is 11.9. The monoisotopic (exact) mass is 337 g/mol. The molecule has 0 atom stereocenters. The topological polar surface area (TPSA) is 56.1 Å². The zero-order valence-electron chi connectivity index (χ0n) is 11.2. The van der Waals surface area contributed by atoms with Gasteiger partial charge >= 0.3 is 0 Å². The van der Waals surface area contributed by atoms with E-state index in [4.69, 9.17) is 4.74 Å². The van der Waals surface area contributed by atoms with Crippen LogP contribution in [-0.2, 0) is 6.54 Å². The van der Waals surface area contributed by atoms with Crippen molar-refractivity contribution < 1.29 is 9.53 Å². The fraction of sp³-hybridized carbons (Fsp3) is 0.286. The minimum absolute atomic E-state index is 0.0921. The van der Waals surface area contributed by atoms with Crippen molar-refractivity contribution >= 4 is 21.8 Å². The van der Waals surface area contributed by atoms with Crippen molar-refractivity contribution in [3.63, 3.8) is 0 Å². The Bertz CT molecular complexity index is 583. The number of hydrogen-bond donors (Lipinski definition) is 1. The Morgan fingerprint density at radius 3 is 3.05 bits per heavy atom. The second-order valence-corrected chi connectivity index (χ2v) is 5.18. The molecule has 1 amide bonds. The van der Waals surface area contributed by atoms with Gasteiger partial charge in [-0.3, -0.25) is 9.48 Å². The predicted octanol–water partition coefficient (Wildman–Crippen LogP) is 2.47. The fourth-order valence-corrected chi connectivity index (χ4v) is 2.10. The van der Waals surface area contributed by atoms with Crippen LogP contribution in [0.5, 0.6) is 5.75 Å². The maximum Gasteiger partial charge on any atom is 0.251 e. The standard InChI is InChI=1S/C14H16BrN3O2/c1-20-13-5-2-4-11(8-13)14(19)16-6-3-7-18-10-12(15)9-17-18/h2,4-5,8-10H,3,6-7H2,1H3,(H,16,19). The lowest BCUT2D eigenvalue weighted by Gasteiger charge is -2.06. The molecule has 0 saturated carbocycles. The third-order valence-corrected chi connectivity index (χ3v) is 3.19. The molecule has 0 spiro atoms. The van der Waals surface area contributed by atoms with Crippen molar-refractivity contribution in [2.45, 2.75) is 13.0 Å². The lowest BCUT2D eigenvalue weighted by Crippen LogP contribution is -2.25. The smallest absolute Gasteiger partial charge is 0.251 e. The minimum Gasteiger partial charge on any atom is -0.497 e. The first-order valence-corrected chi connectivity index (χ1v) is 7.08. The summed E-state index contributed by atoms with van der Waals surface area (Å²) in [4.78, 5) is 11.9. The lowest BCUT2D eigenvalue weighted by atomic mass is 10.2. The van der Waals surface area contributed by atoms with E-state index in [1.54, 1.807) is 31.5 Å². The van der Waals surface area contributed by atoms with Gasteiger partial charge in [0.25, 0.3) is 5.91 Å². The molecule has 0 aliphatic heterocycles. The van der Waals surface area contributed by atoms with Crippen LogP contribution in [0.25, 0.3) is 0 Å². The normalized spacial score (nSPS) is 10.3. The maximum atomic E-state index is 11.9. The molecule has 1 aromatic carbocycles. The van der Waals surface area contributed by atoms with Crippen LogP contribution in [0, 0.1) is 0 Å². The summed E-state index contributed by atoms with van der Waals surface area (Å²) in [5.74, 6) is 0.588. The molecule has 2 rings (SSSR count). The summed E-state index contributed by atoms with van der Waals surface area (Å²) in [6.07, 6.45) is 4.47. The number of rotatable bonds is 6. The number of nitrogens with one attached hydrogen (secondary N) is 1. The molecule has 0 aliphatic carbocycles. The quantitative estimate of drug-likeness (QED) is 0.824. The summed E-state index contributed by atoms with van der Waals surface area (Å²) >= 11 is 3.34. The summed E-state index contributed by atoms with van der Waals surface area (Å²) in [5.41, 5.74) is 0.603. The van der Waals surface area contributed by atoms with Gasteiger partial charge in [-0.2, -0.15) is 5.10 Å². The van der Waals surface area contributed by atoms with Gasteiger partial charge in [-0.15, -0.1) is 0 Å². The zero-order valence-corrected chi connectivity index (χ0v) is 12.8. The van der Waals surface area contributed by atoms with Crippen molar-refractivity contribution in [1.29, 1.82) is 0 Å². The van der Waals surface area contributed by atoms with Crippen LogP contribution in [0.2, 0.25) is 0 Å². The van der Waals surface area contributed by atoms with Crippen molar-refractivity contribution in [2.24, 2.45) is 0 Å². The van der Waals surface area contributed by atoms with Crippen LogP contribution in [0.15, 0.2) is 41.1 Å². The molecule has 1 aromatic heterocycles. The van der Waals surface area contributed by atoms with Crippen LogP contribution in [0.3, 0.4) is 0 Å². The molecule has 0 unspecified atom stereocenters. The van der Waals surface area contributed by atoms with E-state index in [-0.39, 0.29) is 5.91 Å². The molecule has 0 radical (unpaired) electrons. The molecule has 5 nitrogen and oxygen atoms in total. The van der Waals surface area contributed by atoms with Crippen LogP contribution in [0.1, 0.15) is 16.8 Å². The number of carbonyl (C=O) groups excluding carboxylic acids is 1. The van der Waals surface area contributed by atoms with E-state index < -0.39 is 0 Å². The third-order valence-electron chi connectivity index (χ3n) is 2.78.